The minimum atomic E-state index is -5.08. The Labute approximate surface area is 150 Å². The molecule has 1 aromatic heterocycles. The Morgan fingerprint density at radius 3 is 2.07 bits per heavy atom. The van der Waals surface area contributed by atoms with Crippen LogP contribution in [-0.2, 0) is 18.0 Å². The molecule has 154 valence electrons. The first-order valence-corrected chi connectivity index (χ1v) is 7.82. The number of hydrogen-bond acceptors (Lipinski definition) is 4. The molecule has 4 N–H and O–H groups in total. The van der Waals surface area contributed by atoms with Gasteiger partial charge in [-0.3, -0.25) is 4.79 Å². The molecule has 6 nitrogen and oxygen atoms in total. The summed E-state index contributed by atoms with van der Waals surface area (Å²) in [6.07, 6.45) is -4.96. The van der Waals surface area contributed by atoms with Crippen LogP contribution in [0.2, 0.25) is 0 Å². The lowest BCUT2D eigenvalue weighted by atomic mass is 9.92. The van der Waals surface area contributed by atoms with E-state index in [0.717, 1.165) is 36.3 Å². The quantitative estimate of drug-likeness (QED) is 0.660. The van der Waals surface area contributed by atoms with Crippen molar-refractivity contribution in [2.45, 2.75) is 50.1 Å². The third-order valence-corrected chi connectivity index (χ3v) is 3.87. The first-order chi connectivity index (χ1) is 12.2. The second kappa shape index (κ2) is 8.63. The van der Waals surface area contributed by atoms with Gasteiger partial charge in [0.2, 0.25) is 0 Å². The molecular formula is C15H19F6N3O3. The van der Waals surface area contributed by atoms with Gasteiger partial charge in [0, 0.05) is 25.3 Å². The molecule has 12 heteroatoms. The van der Waals surface area contributed by atoms with Gasteiger partial charge in [-0.05, 0) is 31.7 Å². The molecule has 0 bridgehead atoms. The maximum atomic E-state index is 12.8. The van der Waals surface area contributed by atoms with E-state index in [1.165, 1.54) is 13.2 Å². The molecule has 1 saturated carbocycles. The highest BCUT2D eigenvalue weighted by Gasteiger charge is 2.38. The Morgan fingerprint density at radius 2 is 1.67 bits per heavy atom. The number of halogens is 6. The first kappa shape index (κ1) is 22.8. The summed E-state index contributed by atoms with van der Waals surface area (Å²) in [7, 11) is 1.32. The Hall–Kier alpha value is -2.24. The van der Waals surface area contributed by atoms with E-state index in [2.05, 4.69) is 5.32 Å². The number of nitrogens with one attached hydrogen (secondary N) is 1. The molecule has 1 heterocycles. The van der Waals surface area contributed by atoms with Crippen LogP contribution in [0.25, 0.3) is 0 Å². The predicted octanol–water partition coefficient (Wildman–Crippen LogP) is 2.72. The number of aromatic nitrogens is 1. The van der Waals surface area contributed by atoms with Crippen molar-refractivity contribution in [1.82, 2.24) is 4.57 Å². The van der Waals surface area contributed by atoms with Crippen molar-refractivity contribution in [1.29, 1.82) is 0 Å². The number of nitrogens with zero attached hydrogens (tertiary/aromatic N) is 1. The summed E-state index contributed by atoms with van der Waals surface area (Å²) in [4.78, 5) is 20.4. The van der Waals surface area contributed by atoms with E-state index < -0.39 is 29.4 Å². The highest BCUT2D eigenvalue weighted by molar-refractivity contribution is 5.73. The molecule has 0 spiro atoms. The Kier molecular flexibility index (Phi) is 7.29. The van der Waals surface area contributed by atoms with Crippen molar-refractivity contribution < 1.29 is 36.2 Å². The van der Waals surface area contributed by atoms with Gasteiger partial charge in [0.15, 0.2) is 0 Å². The zero-order chi connectivity index (χ0) is 21.0. The molecule has 0 unspecified atom stereocenters. The average Bonchev–Trinajstić information content (AvgIpc) is 2.51. The smallest absolute Gasteiger partial charge is 0.475 e. The zero-order valence-corrected chi connectivity index (χ0v) is 14.2. The van der Waals surface area contributed by atoms with Crippen LogP contribution >= 0.6 is 0 Å². The number of carboxylic acid groups (broad SMARTS) is 1. The van der Waals surface area contributed by atoms with Gasteiger partial charge in [-0.1, -0.05) is 0 Å². The molecule has 27 heavy (non-hydrogen) atoms. The van der Waals surface area contributed by atoms with Gasteiger partial charge < -0.3 is 20.7 Å². The molecule has 2 rings (SSSR count). The SMILES string of the molecule is Cn1cc(NC2CCC(N)CC2)cc(C(F)(F)F)c1=O.O=C(O)C(F)(F)F. The number of pyridine rings is 1. The lowest BCUT2D eigenvalue weighted by Gasteiger charge is -2.28. The molecule has 1 aliphatic carbocycles. The highest BCUT2D eigenvalue weighted by atomic mass is 19.4. The summed E-state index contributed by atoms with van der Waals surface area (Å²) in [5.74, 6) is -2.76. The van der Waals surface area contributed by atoms with E-state index in [4.69, 9.17) is 15.6 Å². The summed E-state index contributed by atoms with van der Waals surface area (Å²) in [6, 6.07) is 1.17. The van der Waals surface area contributed by atoms with Crippen molar-refractivity contribution >= 4 is 11.7 Å². The molecule has 1 aromatic rings. The van der Waals surface area contributed by atoms with E-state index in [1.54, 1.807) is 0 Å². The summed E-state index contributed by atoms with van der Waals surface area (Å²) in [5.41, 5.74) is 3.94. The van der Waals surface area contributed by atoms with Gasteiger partial charge in [0.05, 0.1) is 5.69 Å². The van der Waals surface area contributed by atoms with Gasteiger partial charge in [0.25, 0.3) is 5.56 Å². The van der Waals surface area contributed by atoms with Gasteiger partial charge in [-0.15, -0.1) is 0 Å². The number of anilines is 1. The lowest BCUT2D eigenvalue weighted by molar-refractivity contribution is -0.192. The van der Waals surface area contributed by atoms with Crippen molar-refractivity contribution in [3.05, 3.63) is 28.2 Å². The summed E-state index contributed by atoms with van der Waals surface area (Å²) in [6.45, 7) is 0. The topological polar surface area (TPSA) is 97.4 Å². The predicted molar refractivity (Wildman–Crippen MR) is 84.2 cm³/mol. The fourth-order valence-corrected chi connectivity index (χ4v) is 2.49. The van der Waals surface area contributed by atoms with Crippen molar-refractivity contribution in [2.75, 3.05) is 5.32 Å². The van der Waals surface area contributed by atoms with Crippen LogP contribution in [0.1, 0.15) is 31.2 Å². The minimum Gasteiger partial charge on any atom is -0.475 e. The molecule has 1 aliphatic rings. The molecule has 0 aliphatic heterocycles. The lowest BCUT2D eigenvalue weighted by Crippen LogP contribution is -2.33. The van der Waals surface area contributed by atoms with Gasteiger partial charge in [-0.25, -0.2) is 4.79 Å². The maximum Gasteiger partial charge on any atom is 0.490 e. The summed E-state index contributed by atoms with van der Waals surface area (Å²) >= 11 is 0. The van der Waals surface area contributed by atoms with Crippen LogP contribution in [0.15, 0.2) is 17.1 Å². The standard InChI is InChI=1S/C13H18F3N3O.C2HF3O2/c1-19-7-10(6-11(12(19)20)13(14,15)16)18-9-4-2-8(17)3-5-9;3-2(4,5)1(6)7/h6-9,18H,2-5,17H2,1H3;(H,6,7). The summed E-state index contributed by atoms with van der Waals surface area (Å²) in [5, 5.41) is 10.2. The van der Waals surface area contributed by atoms with Crippen LogP contribution in [0, 0.1) is 0 Å². The average molecular weight is 403 g/mol. The Bertz CT molecular complexity index is 706. The van der Waals surface area contributed by atoms with E-state index in [1.807, 2.05) is 0 Å². The number of carboxylic acids is 1. The van der Waals surface area contributed by atoms with E-state index in [9.17, 15) is 31.1 Å². The molecule has 0 atom stereocenters. The Balaban J connectivity index is 0.000000445. The van der Waals surface area contributed by atoms with Crippen molar-refractivity contribution in [3.8, 4) is 0 Å². The molecule has 1 fully saturated rings. The van der Waals surface area contributed by atoms with E-state index in [0.29, 0.717) is 5.69 Å². The van der Waals surface area contributed by atoms with Crippen LogP contribution in [-0.4, -0.2) is 33.9 Å². The van der Waals surface area contributed by atoms with Crippen LogP contribution in [0.3, 0.4) is 0 Å². The largest absolute Gasteiger partial charge is 0.490 e. The van der Waals surface area contributed by atoms with Crippen molar-refractivity contribution in [3.63, 3.8) is 0 Å². The van der Waals surface area contributed by atoms with Gasteiger partial charge >= 0.3 is 18.3 Å². The monoisotopic (exact) mass is 403 g/mol. The van der Waals surface area contributed by atoms with Gasteiger partial charge in [-0.2, -0.15) is 26.3 Å². The van der Waals surface area contributed by atoms with Crippen molar-refractivity contribution in [2.24, 2.45) is 12.8 Å². The molecule has 0 saturated heterocycles. The summed E-state index contributed by atoms with van der Waals surface area (Å²) < 4.78 is 71.0. The third kappa shape index (κ3) is 7.12. The minimum absolute atomic E-state index is 0.105. The molecule has 0 amide bonds. The highest BCUT2D eigenvalue weighted by Crippen LogP contribution is 2.29. The number of hydrogen-bond donors (Lipinski definition) is 3. The van der Waals surface area contributed by atoms with Crippen LogP contribution < -0.4 is 16.6 Å². The Morgan fingerprint density at radius 1 is 1.19 bits per heavy atom. The van der Waals surface area contributed by atoms with E-state index >= 15 is 0 Å². The van der Waals surface area contributed by atoms with Crippen LogP contribution in [0.5, 0.6) is 0 Å². The number of aryl methyl sites for hydroxylation is 1. The van der Waals surface area contributed by atoms with Crippen LogP contribution in [0.4, 0.5) is 32.0 Å². The number of nitrogens with two attached hydrogens (primary N) is 1. The van der Waals surface area contributed by atoms with Gasteiger partial charge in [0.1, 0.15) is 5.56 Å². The number of alkyl halides is 6. The maximum absolute atomic E-state index is 12.8. The normalized spacial score (nSPS) is 20.4. The molecular weight excluding hydrogens is 384 g/mol. The molecule has 0 radical (unpaired) electrons. The number of rotatable bonds is 2. The third-order valence-electron chi connectivity index (χ3n) is 3.87. The fourth-order valence-electron chi connectivity index (χ4n) is 2.49. The second-order valence-corrected chi connectivity index (χ2v) is 6.12. The zero-order valence-electron chi connectivity index (χ0n) is 14.2. The van der Waals surface area contributed by atoms with E-state index in [-0.39, 0.29) is 12.1 Å². The second-order valence-electron chi connectivity index (χ2n) is 6.12. The number of carbonyl (C=O) groups is 1. The molecule has 0 aromatic carbocycles. The fraction of sp³-hybridized carbons (Fsp3) is 0.600. The number of aliphatic carboxylic acids is 1. The first-order valence-electron chi connectivity index (χ1n) is 7.82.